The zero-order chi connectivity index (χ0) is 19.0. The minimum absolute atomic E-state index is 0.0953. The van der Waals surface area contributed by atoms with Gasteiger partial charge in [0.15, 0.2) is 0 Å². The van der Waals surface area contributed by atoms with Gasteiger partial charge in [0.1, 0.15) is 0 Å². The van der Waals surface area contributed by atoms with Crippen LogP contribution in [0.5, 0.6) is 0 Å². The van der Waals surface area contributed by atoms with E-state index in [1.54, 1.807) is 0 Å². The van der Waals surface area contributed by atoms with Crippen LogP contribution in [0, 0.1) is 0 Å². The summed E-state index contributed by atoms with van der Waals surface area (Å²) in [4.78, 5) is 15.3. The van der Waals surface area contributed by atoms with Gasteiger partial charge in [-0.1, -0.05) is 18.2 Å². The third kappa shape index (κ3) is 3.31. The number of carbonyl (C=O) groups is 1. The van der Waals surface area contributed by atoms with Gasteiger partial charge in [0, 0.05) is 48.4 Å². The number of fused-ring (bicyclic) bond motifs is 1. The molecule has 0 bridgehead atoms. The van der Waals surface area contributed by atoms with Crippen LogP contribution in [-0.2, 0) is 16.6 Å². The minimum atomic E-state index is 0.0953. The zero-order valence-corrected chi connectivity index (χ0v) is 16.7. The maximum atomic E-state index is 13.2. The first-order valence-corrected chi connectivity index (χ1v) is 10.3. The highest BCUT2D eigenvalue weighted by Gasteiger charge is 2.41. The number of aryl methyl sites for hydroxylation is 1. The smallest absolute Gasteiger partial charge is 0.250 e. The van der Waals surface area contributed by atoms with Crippen LogP contribution in [0.4, 0.5) is 0 Å². The number of ether oxygens (including phenoxy) is 1. The highest BCUT2D eigenvalue weighted by molar-refractivity contribution is 5.99. The molecule has 2 aliphatic rings. The normalized spacial score (nSPS) is 20.2. The molecule has 1 aromatic carbocycles. The van der Waals surface area contributed by atoms with E-state index in [0.717, 1.165) is 37.8 Å². The SMILES string of the molecule is CC(C)OCCCN1C(=O)C2=C(CCCC2)[C@@H]1c1cn(C)c2ccccc12. The van der Waals surface area contributed by atoms with Crippen LogP contribution in [0.25, 0.3) is 10.9 Å². The van der Waals surface area contributed by atoms with Crippen molar-refractivity contribution in [2.24, 2.45) is 7.05 Å². The molecule has 1 atom stereocenters. The Morgan fingerprint density at radius 1 is 1.19 bits per heavy atom. The van der Waals surface area contributed by atoms with E-state index >= 15 is 0 Å². The standard InChI is InChI=1S/C23H30N2O2/c1-16(2)27-14-8-13-25-22(18-10-4-5-11-19(18)23(25)26)20-15-24(3)21-12-7-6-9-17(20)21/h6-7,9,12,15-16,22H,4-5,8,10-11,13-14H2,1-3H3/t22-/m1/s1. The second-order valence-electron chi connectivity index (χ2n) is 8.10. The Balaban J connectivity index is 1.69. The van der Waals surface area contributed by atoms with Crippen molar-refractivity contribution in [3.05, 3.63) is 47.2 Å². The molecule has 0 radical (unpaired) electrons. The lowest BCUT2D eigenvalue weighted by atomic mass is 9.87. The molecule has 1 aliphatic heterocycles. The van der Waals surface area contributed by atoms with Gasteiger partial charge in [-0.2, -0.15) is 0 Å². The van der Waals surface area contributed by atoms with Gasteiger partial charge in [0.25, 0.3) is 5.91 Å². The molecule has 0 N–H and O–H groups in total. The number of amides is 1. The molecular weight excluding hydrogens is 336 g/mol. The number of nitrogens with zero attached hydrogens (tertiary/aromatic N) is 2. The lowest BCUT2D eigenvalue weighted by Gasteiger charge is -2.27. The zero-order valence-electron chi connectivity index (χ0n) is 16.7. The van der Waals surface area contributed by atoms with Crippen LogP contribution in [0.1, 0.15) is 57.6 Å². The number of hydrogen-bond acceptors (Lipinski definition) is 2. The highest BCUT2D eigenvalue weighted by atomic mass is 16.5. The Bertz CT molecular complexity index is 878. The Morgan fingerprint density at radius 3 is 2.78 bits per heavy atom. The first-order chi connectivity index (χ1) is 13.1. The third-order valence-corrected chi connectivity index (χ3v) is 5.89. The van der Waals surface area contributed by atoms with Crippen molar-refractivity contribution in [3.8, 4) is 0 Å². The number of carbonyl (C=O) groups excluding carboxylic acids is 1. The van der Waals surface area contributed by atoms with Crippen LogP contribution < -0.4 is 0 Å². The molecule has 0 saturated heterocycles. The molecule has 0 spiro atoms. The first kappa shape index (κ1) is 18.3. The number of benzene rings is 1. The fraction of sp³-hybridized carbons (Fsp3) is 0.522. The van der Waals surface area contributed by atoms with Crippen molar-refractivity contribution in [2.45, 2.75) is 58.1 Å². The Labute approximate surface area is 161 Å². The molecule has 2 heterocycles. The molecule has 0 fully saturated rings. The average Bonchev–Trinajstić information content (AvgIpc) is 3.14. The Morgan fingerprint density at radius 2 is 1.96 bits per heavy atom. The summed E-state index contributed by atoms with van der Waals surface area (Å²) in [5, 5.41) is 1.26. The van der Waals surface area contributed by atoms with Crippen molar-refractivity contribution >= 4 is 16.8 Å². The highest BCUT2D eigenvalue weighted by Crippen LogP contribution is 2.46. The lowest BCUT2D eigenvalue weighted by molar-refractivity contribution is -0.127. The molecule has 4 nitrogen and oxygen atoms in total. The van der Waals surface area contributed by atoms with E-state index < -0.39 is 0 Å². The van der Waals surface area contributed by atoms with E-state index in [9.17, 15) is 4.79 Å². The van der Waals surface area contributed by atoms with Crippen molar-refractivity contribution in [1.29, 1.82) is 0 Å². The Hall–Kier alpha value is -2.07. The molecule has 0 unspecified atom stereocenters. The molecule has 2 aromatic rings. The van der Waals surface area contributed by atoms with Crippen molar-refractivity contribution in [2.75, 3.05) is 13.2 Å². The predicted octanol–water partition coefficient (Wildman–Crippen LogP) is 4.75. The van der Waals surface area contributed by atoms with E-state index in [1.165, 1.54) is 28.5 Å². The van der Waals surface area contributed by atoms with Gasteiger partial charge in [-0.3, -0.25) is 4.79 Å². The Kier molecular flexibility index (Phi) is 5.09. The van der Waals surface area contributed by atoms with E-state index in [1.807, 2.05) is 0 Å². The molecule has 1 aromatic heterocycles. The van der Waals surface area contributed by atoms with Crippen molar-refractivity contribution in [3.63, 3.8) is 0 Å². The van der Waals surface area contributed by atoms with Crippen LogP contribution in [-0.4, -0.2) is 34.6 Å². The van der Waals surface area contributed by atoms with Crippen LogP contribution in [0.3, 0.4) is 0 Å². The summed E-state index contributed by atoms with van der Waals surface area (Å²) < 4.78 is 7.91. The van der Waals surface area contributed by atoms with E-state index in [0.29, 0.717) is 6.61 Å². The van der Waals surface area contributed by atoms with E-state index in [4.69, 9.17) is 4.74 Å². The van der Waals surface area contributed by atoms with Gasteiger partial charge < -0.3 is 14.2 Å². The van der Waals surface area contributed by atoms with Crippen LogP contribution >= 0.6 is 0 Å². The second-order valence-corrected chi connectivity index (χ2v) is 8.10. The molecule has 1 amide bonds. The average molecular weight is 367 g/mol. The molecule has 144 valence electrons. The maximum Gasteiger partial charge on any atom is 0.250 e. The van der Waals surface area contributed by atoms with Crippen LogP contribution in [0.2, 0.25) is 0 Å². The van der Waals surface area contributed by atoms with Gasteiger partial charge in [0.2, 0.25) is 0 Å². The predicted molar refractivity (Wildman–Crippen MR) is 109 cm³/mol. The third-order valence-electron chi connectivity index (χ3n) is 5.89. The molecule has 1 aliphatic carbocycles. The summed E-state index contributed by atoms with van der Waals surface area (Å²) in [5.41, 5.74) is 4.96. The quantitative estimate of drug-likeness (QED) is 0.692. The van der Waals surface area contributed by atoms with E-state index in [-0.39, 0.29) is 18.1 Å². The summed E-state index contributed by atoms with van der Waals surface area (Å²) in [6, 6.07) is 8.62. The summed E-state index contributed by atoms with van der Waals surface area (Å²) in [6.45, 7) is 5.57. The van der Waals surface area contributed by atoms with Crippen LogP contribution in [0.15, 0.2) is 41.6 Å². The topological polar surface area (TPSA) is 34.5 Å². The van der Waals surface area contributed by atoms with Crippen molar-refractivity contribution < 1.29 is 9.53 Å². The molecule has 27 heavy (non-hydrogen) atoms. The molecular formula is C23H30N2O2. The van der Waals surface area contributed by atoms with E-state index in [2.05, 4.69) is 60.8 Å². The van der Waals surface area contributed by atoms with Gasteiger partial charge in [0.05, 0.1) is 12.1 Å². The van der Waals surface area contributed by atoms with Gasteiger partial charge >= 0.3 is 0 Å². The summed E-state index contributed by atoms with van der Waals surface area (Å²) in [6.07, 6.45) is 7.66. The van der Waals surface area contributed by atoms with Crippen molar-refractivity contribution in [1.82, 2.24) is 9.47 Å². The van der Waals surface area contributed by atoms with Gasteiger partial charge in [-0.15, -0.1) is 0 Å². The largest absolute Gasteiger partial charge is 0.379 e. The fourth-order valence-electron chi connectivity index (χ4n) is 4.68. The number of rotatable bonds is 6. The number of para-hydroxylation sites is 1. The number of aromatic nitrogens is 1. The molecule has 0 saturated carbocycles. The summed E-state index contributed by atoms with van der Waals surface area (Å²) in [7, 11) is 2.10. The summed E-state index contributed by atoms with van der Waals surface area (Å²) in [5.74, 6) is 0.257. The van der Waals surface area contributed by atoms with Gasteiger partial charge in [-0.25, -0.2) is 0 Å². The fourth-order valence-corrected chi connectivity index (χ4v) is 4.68. The minimum Gasteiger partial charge on any atom is -0.379 e. The molecule has 4 heteroatoms. The number of hydrogen-bond donors (Lipinski definition) is 0. The molecule has 4 rings (SSSR count). The lowest BCUT2D eigenvalue weighted by Crippen LogP contribution is -2.32. The maximum absolute atomic E-state index is 13.2. The monoisotopic (exact) mass is 366 g/mol. The summed E-state index contributed by atoms with van der Waals surface area (Å²) >= 11 is 0. The first-order valence-electron chi connectivity index (χ1n) is 10.3. The van der Waals surface area contributed by atoms with Gasteiger partial charge in [-0.05, 0) is 57.6 Å². The second kappa shape index (κ2) is 7.51.